The molecule has 1 aromatic carbocycles. The molecule has 20 heavy (non-hydrogen) atoms. The fourth-order valence-electron chi connectivity index (χ4n) is 2.04. The van der Waals surface area contributed by atoms with E-state index in [-0.39, 0.29) is 4.90 Å². The maximum atomic E-state index is 13.8. The average Bonchev–Trinajstić information content (AvgIpc) is 3.28. The first-order valence-corrected chi connectivity index (χ1v) is 8.54. The van der Waals surface area contributed by atoms with Gasteiger partial charge < -0.3 is 5.32 Å². The van der Waals surface area contributed by atoms with E-state index in [0.29, 0.717) is 25.0 Å². The molecule has 3 rings (SSSR count). The summed E-state index contributed by atoms with van der Waals surface area (Å²) in [4.78, 5) is -0.242. The van der Waals surface area contributed by atoms with Crippen molar-refractivity contribution in [1.82, 2.24) is 10.0 Å². The monoisotopic (exact) mass is 298 g/mol. The van der Waals surface area contributed by atoms with Gasteiger partial charge in [-0.3, -0.25) is 0 Å². The number of nitrogens with one attached hydrogen (secondary N) is 2. The van der Waals surface area contributed by atoms with Gasteiger partial charge in [0.05, 0.1) is 0 Å². The Kier molecular flexibility index (Phi) is 3.79. The quantitative estimate of drug-likeness (QED) is 0.806. The number of sulfonamides is 1. The van der Waals surface area contributed by atoms with E-state index in [0.717, 1.165) is 31.2 Å². The molecule has 0 unspecified atom stereocenters. The van der Waals surface area contributed by atoms with Crippen LogP contribution in [0.1, 0.15) is 31.2 Å². The Hall–Kier alpha value is -0.980. The van der Waals surface area contributed by atoms with E-state index in [9.17, 15) is 12.8 Å². The summed E-state index contributed by atoms with van der Waals surface area (Å²) in [5.74, 6) is -0.268. The van der Waals surface area contributed by atoms with Crippen molar-refractivity contribution in [2.75, 3.05) is 6.54 Å². The lowest BCUT2D eigenvalue weighted by atomic mass is 10.2. The minimum atomic E-state index is -3.74. The first-order chi connectivity index (χ1) is 9.54. The Labute approximate surface area is 118 Å². The Morgan fingerprint density at radius 2 is 1.95 bits per heavy atom. The van der Waals surface area contributed by atoms with Crippen molar-refractivity contribution in [2.45, 2.75) is 43.2 Å². The maximum Gasteiger partial charge on any atom is 0.243 e. The number of benzene rings is 1. The predicted molar refractivity (Wildman–Crippen MR) is 74.2 cm³/mol. The average molecular weight is 298 g/mol. The summed E-state index contributed by atoms with van der Waals surface area (Å²) in [5.41, 5.74) is 0.796. The van der Waals surface area contributed by atoms with Gasteiger partial charge in [-0.2, -0.15) is 0 Å². The van der Waals surface area contributed by atoms with E-state index in [2.05, 4.69) is 10.0 Å². The number of halogens is 1. The lowest BCUT2D eigenvalue weighted by Gasteiger charge is -2.10. The molecule has 2 N–H and O–H groups in total. The topological polar surface area (TPSA) is 58.2 Å². The zero-order chi connectivity index (χ0) is 14.2. The van der Waals surface area contributed by atoms with E-state index < -0.39 is 15.8 Å². The largest absolute Gasteiger partial charge is 0.310 e. The van der Waals surface area contributed by atoms with Crippen LogP contribution in [0.2, 0.25) is 0 Å². The van der Waals surface area contributed by atoms with Gasteiger partial charge in [-0.15, -0.1) is 0 Å². The van der Waals surface area contributed by atoms with Gasteiger partial charge in [-0.1, -0.05) is 6.07 Å². The van der Waals surface area contributed by atoms with Crippen molar-refractivity contribution in [3.05, 3.63) is 29.6 Å². The molecule has 6 heteroatoms. The molecule has 0 aliphatic heterocycles. The van der Waals surface area contributed by atoms with Gasteiger partial charge in [-0.25, -0.2) is 17.5 Å². The zero-order valence-corrected chi connectivity index (χ0v) is 12.0. The van der Waals surface area contributed by atoms with Crippen molar-refractivity contribution >= 4 is 10.0 Å². The normalized spacial score (nSPS) is 19.2. The fourth-order valence-corrected chi connectivity index (χ4v) is 3.28. The van der Waals surface area contributed by atoms with Crippen molar-refractivity contribution < 1.29 is 12.8 Å². The summed E-state index contributed by atoms with van der Waals surface area (Å²) in [7, 11) is -3.74. The van der Waals surface area contributed by atoms with Crippen molar-refractivity contribution in [3.8, 4) is 0 Å². The summed E-state index contributed by atoms with van der Waals surface area (Å²) >= 11 is 0. The van der Waals surface area contributed by atoms with Crippen LogP contribution in [0.5, 0.6) is 0 Å². The molecule has 0 amide bonds. The first kappa shape index (κ1) is 14.0. The Balaban J connectivity index is 1.73. The van der Waals surface area contributed by atoms with E-state index >= 15 is 0 Å². The molecular weight excluding hydrogens is 279 g/mol. The van der Waals surface area contributed by atoms with Gasteiger partial charge in [0.1, 0.15) is 10.7 Å². The van der Waals surface area contributed by atoms with E-state index in [1.807, 2.05) is 0 Å². The highest BCUT2D eigenvalue weighted by Gasteiger charge is 2.26. The molecule has 0 bridgehead atoms. The van der Waals surface area contributed by atoms with Crippen LogP contribution < -0.4 is 10.0 Å². The van der Waals surface area contributed by atoms with Gasteiger partial charge in [0, 0.05) is 19.1 Å². The molecular formula is C14H19FN2O2S. The summed E-state index contributed by atoms with van der Waals surface area (Å²) in [6, 6.07) is 4.83. The zero-order valence-electron chi connectivity index (χ0n) is 11.2. The van der Waals surface area contributed by atoms with E-state index in [4.69, 9.17) is 0 Å². The second-order valence-electron chi connectivity index (χ2n) is 5.72. The Morgan fingerprint density at radius 1 is 1.20 bits per heavy atom. The smallest absolute Gasteiger partial charge is 0.243 e. The first-order valence-electron chi connectivity index (χ1n) is 7.06. The molecule has 2 aliphatic carbocycles. The van der Waals surface area contributed by atoms with Gasteiger partial charge in [-0.05, 0) is 49.3 Å². The van der Waals surface area contributed by atoms with Crippen LogP contribution in [0.4, 0.5) is 4.39 Å². The third-order valence-corrected chi connectivity index (χ3v) is 5.15. The number of hydrogen-bond acceptors (Lipinski definition) is 3. The highest BCUT2D eigenvalue weighted by Crippen LogP contribution is 2.28. The molecule has 1 aromatic rings. The molecule has 110 valence electrons. The lowest BCUT2D eigenvalue weighted by Crippen LogP contribution is -2.27. The lowest BCUT2D eigenvalue weighted by molar-refractivity contribution is 0.553. The van der Waals surface area contributed by atoms with Crippen molar-refractivity contribution in [2.24, 2.45) is 5.92 Å². The second-order valence-corrected chi connectivity index (χ2v) is 7.45. The van der Waals surface area contributed by atoms with Crippen LogP contribution in [-0.4, -0.2) is 21.0 Å². The van der Waals surface area contributed by atoms with E-state index in [1.165, 1.54) is 12.1 Å². The van der Waals surface area contributed by atoms with Crippen LogP contribution >= 0.6 is 0 Å². The van der Waals surface area contributed by atoms with Crippen LogP contribution in [0.15, 0.2) is 23.1 Å². The van der Waals surface area contributed by atoms with Gasteiger partial charge >= 0.3 is 0 Å². The number of hydrogen-bond donors (Lipinski definition) is 2. The fraction of sp³-hybridized carbons (Fsp3) is 0.571. The van der Waals surface area contributed by atoms with Crippen LogP contribution in [0.25, 0.3) is 0 Å². The Bertz CT molecular complexity index is 595. The molecule has 0 saturated heterocycles. The minimum absolute atomic E-state index is 0.242. The van der Waals surface area contributed by atoms with Gasteiger partial charge in [0.2, 0.25) is 10.0 Å². The number of rotatable bonds is 7. The second kappa shape index (κ2) is 5.42. The summed E-state index contributed by atoms with van der Waals surface area (Å²) in [6.45, 7) is 0.989. The van der Waals surface area contributed by atoms with Gasteiger partial charge in [0.15, 0.2) is 0 Å². The van der Waals surface area contributed by atoms with Crippen LogP contribution in [0, 0.1) is 11.7 Å². The predicted octanol–water partition coefficient (Wildman–Crippen LogP) is 1.77. The van der Waals surface area contributed by atoms with Crippen molar-refractivity contribution in [3.63, 3.8) is 0 Å². The molecule has 2 aliphatic rings. The summed E-state index contributed by atoms with van der Waals surface area (Å²) in [6.07, 6.45) is 4.43. The Morgan fingerprint density at radius 3 is 2.60 bits per heavy atom. The van der Waals surface area contributed by atoms with Crippen LogP contribution in [0.3, 0.4) is 0 Å². The molecule has 2 saturated carbocycles. The molecule has 0 aromatic heterocycles. The SMILES string of the molecule is O=S(=O)(NCC1CC1)c1cc(CNC2CC2)ccc1F. The maximum absolute atomic E-state index is 13.8. The highest BCUT2D eigenvalue weighted by molar-refractivity contribution is 7.89. The van der Waals surface area contributed by atoms with Crippen molar-refractivity contribution in [1.29, 1.82) is 0 Å². The van der Waals surface area contributed by atoms with Gasteiger partial charge in [0.25, 0.3) is 0 Å². The third-order valence-electron chi connectivity index (χ3n) is 3.72. The molecule has 4 nitrogen and oxygen atoms in total. The summed E-state index contributed by atoms with van der Waals surface area (Å²) in [5, 5.41) is 3.29. The molecule has 0 heterocycles. The minimum Gasteiger partial charge on any atom is -0.310 e. The highest BCUT2D eigenvalue weighted by atomic mass is 32.2. The molecule has 2 fully saturated rings. The molecule has 0 spiro atoms. The molecule has 0 atom stereocenters. The standard InChI is InChI=1S/C14H19FN2O2S/c15-13-6-3-11(8-16-12-4-5-12)7-14(13)20(18,19)17-9-10-1-2-10/h3,6-7,10,12,16-17H,1-2,4-5,8-9H2. The summed E-state index contributed by atoms with van der Waals surface area (Å²) < 4.78 is 40.5. The molecule has 0 radical (unpaired) electrons. The third kappa shape index (κ3) is 3.56. The van der Waals surface area contributed by atoms with E-state index in [1.54, 1.807) is 6.07 Å². The van der Waals surface area contributed by atoms with Crippen LogP contribution in [-0.2, 0) is 16.6 Å².